The van der Waals surface area contributed by atoms with Crippen molar-refractivity contribution in [1.29, 1.82) is 0 Å². The number of benzene rings is 2. The van der Waals surface area contributed by atoms with Gasteiger partial charge in [0.1, 0.15) is 0 Å². The molecule has 1 atom stereocenters. The molecular formula is C26H31N3O3. The third-order valence-electron chi connectivity index (χ3n) is 6.39. The molecule has 6 heteroatoms. The fourth-order valence-corrected chi connectivity index (χ4v) is 4.47. The monoisotopic (exact) mass is 433 g/mol. The van der Waals surface area contributed by atoms with Crippen LogP contribution in [-0.2, 0) is 16.1 Å². The lowest BCUT2D eigenvalue weighted by Gasteiger charge is -2.32. The lowest BCUT2D eigenvalue weighted by atomic mass is 9.90. The van der Waals surface area contributed by atoms with E-state index in [4.69, 9.17) is 4.84 Å². The highest BCUT2D eigenvalue weighted by Gasteiger charge is 2.42. The zero-order valence-corrected chi connectivity index (χ0v) is 18.8. The highest BCUT2D eigenvalue weighted by atomic mass is 16.7. The Morgan fingerprint density at radius 3 is 2.59 bits per heavy atom. The molecule has 2 heterocycles. The Balaban J connectivity index is 1.37. The number of likely N-dealkylation sites (tertiary alicyclic amines) is 1. The molecule has 2 aromatic carbocycles. The van der Waals surface area contributed by atoms with E-state index in [0.717, 1.165) is 37.9 Å². The lowest BCUT2D eigenvalue weighted by molar-refractivity contribution is -0.141. The number of nitrogens with zero attached hydrogens (tertiary/aromatic N) is 2. The molecule has 1 unspecified atom stereocenters. The van der Waals surface area contributed by atoms with E-state index < -0.39 is 5.60 Å². The van der Waals surface area contributed by atoms with Crippen molar-refractivity contribution >= 4 is 17.5 Å². The summed E-state index contributed by atoms with van der Waals surface area (Å²) in [5, 5.41) is 6.95. The zero-order chi connectivity index (χ0) is 22.6. The van der Waals surface area contributed by atoms with Gasteiger partial charge in [-0.1, -0.05) is 47.6 Å². The van der Waals surface area contributed by atoms with E-state index in [1.807, 2.05) is 42.2 Å². The predicted octanol–water partition coefficient (Wildman–Crippen LogP) is 3.80. The van der Waals surface area contributed by atoms with Gasteiger partial charge in [-0.25, -0.2) is 0 Å². The molecule has 2 aromatic rings. The number of oxime groups is 1. The lowest BCUT2D eigenvalue weighted by Crippen LogP contribution is -2.44. The van der Waals surface area contributed by atoms with E-state index >= 15 is 0 Å². The van der Waals surface area contributed by atoms with Crippen LogP contribution in [0.3, 0.4) is 0 Å². The van der Waals surface area contributed by atoms with Gasteiger partial charge in [0.05, 0.1) is 5.71 Å². The van der Waals surface area contributed by atoms with Gasteiger partial charge in [-0.15, -0.1) is 0 Å². The molecule has 1 saturated heterocycles. The second-order valence-electron chi connectivity index (χ2n) is 8.90. The van der Waals surface area contributed by atoms with E-state index in [-0.39, 0.29) is 11.8 Å². The molecule has 1 N–H and O–H groups in total. The number of carbonyl (C=O) groups excluding carboxylic acids is 2. The molecular weight excluding hydrogens is 402 g/mol. The predicted molar refractivity (Wildman–Crippen MR) is 125 cm³/mol. The normalized spacial score (nSPS) is 21.1. The van der Waals surface area contributed by atoms with E-state index in [1.54, 1.807) is 6.92 Å². The Hall–Kier alpha value is -3.15. The molecule has 0 bridgehead atoms. The number of hydrogen-bond donors (Lipinski definition) is 1. The van der Waals surface area contributed by atoms with Crippen molar-refractivity contribution in [2.45, 2.75) is 45.1 Å². The molecule has 0 radical (unpaired) electrons. The van der Waals surface area contributed by atoms with Crippen LogP contribution in [0, 0.1) is 5.92 Å². The van der Waals surface area contributed by atoms with E-state index in [2.05, 4.69) is 34.7 Å². The van der Waals surface area contributed by atoms with Gasteiger partial charge < -0.3 is 15.1 Å². The van der Waals surface area contributed by atoms with Crippen molar-refractivity contribution in [2.24, 2.45) is 11.1 Å². The van der Waals surface area contributed by atoms with Crippen LogP contribution < -0.4 is 5.32 Å². The first-order valence-electron chi connectivity index (χ1n) is 11.5. The molecule has 2 aliphatic rings. The zero-order valence-electron chi connectivity index (χ0n) is 18.8. The van der Waals surface area contributed by atoms with Crippen LogP contribution in [0.4, 0.5) is 0 Å². The molecule has 0 aliphatic carbocycles. The minimum Gasteiger partial charge on any atom is -0.379 e. The summed E-state index contributed by atoms with van der Waals surface area (Å²) < 4.78 is 0. The van der Waals surface area contributed by atoms with Gasteiger partial charge in [0.2, 0.25) is 5.60 Å². The number of likely N-dealkylation sites (N-methyl/N-ethyl adjacent to an activating group) is 1. The van der Waals surface area contributed by atoms with Gasteiger partial charge in [0.15, 0.2) is 0 Å². The van der Waals surface area contributed by atoms with Gasteiger partial charge in [-0.3, -0.25) is 9.59 Å². The van der Waals surface area contributed by atoms with Crippen LogP contribution in [0.15, 0.2) is 59.8 Å². The van der Waals surface area contributed by atoms with E-state index in [1.165, 1.54) is 5.56 Å². The Morgan fingerprint density at radius 1 is 1.12 bits per heavy atom. The van der Waals surface area contributed by atoms with Crippen LogP contribution >= 0.6 is 0 Å². The number of piperidine rings is 1. The molecule has 6 nitrogen and oxygen atoms in total. The molecule has 4 rings (SSSR count). The first kappa shape index (κ1) is 22.1. The number of carbonyl (C=O) groups is 2. The topological polar surface area (TPSA) is 71.0 Å². The molecule has 0 aromatic heterocycles. The summed E-state index contributed by atoms with van der Waals surface area (Å²) in [4.78, 5) is 32.9. The minimum absolute atomic E-state index is 0.0519. The van der Waals surface area contributed by atoms with Crippen molar-refractivity contribution in [1.82, 2.24) is 10.2 Å². The number of hydrogen-bond acceptors (Lipinski definition) is 4. The van der Waals surface area contributed by atoms with E-state index in [0.29, 0.717) is 30.2 Å². The van der Waals surface area contributed by atoms with Crippen LogP contribution in [-0.4, -0.2) is 47.7 Å². The average molecular weight is 434 g/mol. The minimum atomic E-state index is -1.01. The number of nitrogens with one attached hydrogen (secondary N) is 1. The van der Waals surface area contributed by atoms with Crippen molar-refractivity contribution in [3.8, 4) is 0 Å². The van der Waals surface area contributed by atoms with Gasteiger partial charge in [-0.2, -0.15) is 0 Å². The fraction of sp³-hybridized carbons (Fsp3) is 0.423. The molecule has 32 heavy (non-hydrogen) atoms. The average Bonchev–Trinajstić information content (AvgIpc) is 3.24. The first-order valence-corrected chi connectivity index (χ1v) is 11.5. The summed E-state index contributed by atoms with van der Waals surface area (Å²) in [6.07, 6.45) is 3.49. The highest BCUT2D eigenvalue weighted by Crippen LogP contribution is 2.28. The van der Waals surface area contributed by atoms with Crippen LogP contribution in [0.2, 0.25) is 0 Å². The molecule has 0 saturated carbocycles. The van der Waals surface area contributed by atoms with Gasteiger partial charge in [-0.05, 0) is 56.7 Å². The summed E-state index contributed by atoms with van der Waals surface area (Å²) in [5.41, 5.74) is 2.52. The molecule has 168 valence electrons. The van der Waals surface area contributed by atoms with Gasteiger partial charge >= 0.3 is 0 Å². The fourth-order valence-electron chi connectivity index (χ4n) is 4.47. The van der Waals surface area contributed by atoms with Crippen molar-refractivity contribution in [2.75, 3.05) is 19.6 Å². The molecule has 1 fully saturated rings. The summed E-state index contributed by atoms with van der Waals surface area (Å²) in [6.45, 7) is 5.71. The summed E-state index contributed by atoms with van der Waals surface area (Å²) in [6, 6.07) is 18.1. The summed E-state index contributed by atoms with van der Waals surface area (Å²) in [7, 11) is 0. The standard InChI is InChI=1S/C26H31N3O3/c1-3-27-25(31)26(2)18-23(28-32-26)21-10-7-11-22(17-21)24(30)29-14-12-20(13-15-29)16-19-8-5-4-6-9-19/h4-11,17,20H,3,12-16,18H2,1-2H3,(H,27,31). The van der Waals surface area contributed by atoms with Gasteiger partial charge in [0, 0.05) is 37.2 Å². The summed E-state index contributed by atoms with van der Waals surface area (Å²) >= 11 is 0. The van der Waals surface area contributed by atoms with Crippen LogP contribution in [0.5, 0.6) is 0 Å². The maximum Gasteiger partial charge on any atom is 0.267 e. The van der Waals surface area contributed by atoms with Crippen molar-refractivity contribution in [3.63, 3.8) is 0 Å². The second-order valence-corrected chi connectivity index (χ2v) is 8.90. The van der Waals surface area contributed by atoms with E-state index in [9.17, 15) is 9.59 Å². The molecule has 2 amide bonds. The number of rotatable bonds is 6. The van der Waals surface area contributed by atoms with Crippen molar-refractivity contribution in [3.05, 3.63) is 71.3 Å². The Labute approximate surface area is 189 Å². The smallest absolute Gasteiger partial charge is 0.267 e. The largest absolute Gasteiger partial charge is 0.379 e. The first-order chi connectivity index (χ1) is 15.5. The molecule has 0 spiro atoms. The highest BCUT2D eigenvalue weighted by molar-refractivity contribution is 6.07. The third-order valence-corrected chi connectivity index (χ3v) is 6.39. The third kappa shape index (κ3) is 4.85. The quantitative estimate of drug-likeness (QED) is 0.753. The SMILES string of the molecule is CCNC(=O)C1(C)CC(c2cccc(C(=O)N3CCC(Cc4ccccc4)CC3)c2)=NO1. The molecule has 2 aliphatic heterocycles. The van der Waals surface area contributed by atoms with Gasteiger partial charge in [0.25, 0.3) is 11.8 Å². The van der Waals surface area contributed by atoms with Crippen molar-refractivity contribution < 1.29 is 14.4 Å². The Morgan fingerprint density at radius 2 is 1.88 bits per heavy atom. The van der Waals surface area contributed by atoms with Crippen LogP contribution in [0.1, 0.15) is 54.6 Å². The van der Waals surface area contributed by atoms with Crippen LogP contribution in [0.25, 0.3) is 0 Å². The number of amides is 2. The second kappa shape index (κ2) is 9.55. The Kier molecular flexibility index (Phi) is 6.58. The Bertz CT molecular complexity index is 996. The maximum absolute atomic E-state index is 13.1. The summed E-state index contributed by atoms with van der Waals surface area (Å²) in [5.74, 6) is 0.491. The maximum atomic E-state index is 13.1.